The number of nitrogens with zero attached hydrogens (tertiary/aromatic N) is 6. The third-order valence-corrected chi connectivity index (χ3v) is 9.94. The van der Waals surface area contributed by atoms with Crippen LogP contribution in [0.3, 0.4) is 0 Å². The Labute approximate surface area is 246 Å². The lowest BCUT2D eigenvalue weighted by Crippen LogP contribution is -2.45. The molecule has 0 atom stereocenters. The van der Waals surface area contributed by atoms with Gasteiger partial charge in [0.15, 0.2) is 0 Å². The van der Waals surface area contributed by atoms with Crippen molar-refractivity contribution in [1.29, 1.82) is 0 Å². The first-order chi connectivity index (χ1) is 19.8. The molecule has 2 fully saturated rings. The highest BCUT2D eigenvalue weighted by atomic mass is 32.2. The van der Waals surface area contributed by atoms with Crippen LogP contribution in [0, 0.1) is 0 Å². The number of sulfonamides is 1. The van der Waals surface area contributed by atoms with Gasteiger partial charge in [-0.1, -0.05) is 6.07 Å². The topological polar surface area (TPSA) is 82.0 Å². The maximum atomic E-state index is 13.8. The minimum atomic E-state index is -4.48. The summed E-state index contributed by atoms with van der Waals surface area (Å²) in [5.41, 5.74) is 2.29. The fraction of sp³-hybridized carbons (Fsp3) is 0.655. The average molecular weight is 611 g/mol. The van der Waals surface area contributed by atoms with Gasteiger partial charge in [-0.15, -0.1) is 0 Å². The third kappa shape index (κ3) is 6.84. The van der Waals surface area contributed by atoms with Crippen LogP contribution in [0.15, 0.2) is 18.2 Å². The van der Waals surface area contributed by atoms with E-state index in [1.807, 2.05) is 4.68 Å². The van der Waals surface area contributed by atoms with Crippen molar-refractivity contribution in [3.05, 3.63) is 40.6 Å². The normalized spacial score (nSPS) is 19.7. The van der Waals surface area contributed by atoms with Crippen molar-refractivity contribution in [3.8, 4) is 11.3 Å². The first-order valence-corrected chi connectivity index (χ1v) is 16.6. The Bertz CT molecular complexity index is 1400. The lowest BCUT2D eigenvalue weighted by Gasteiger charge is -2.36. The Kier molecular flexibility index (Phi) is 9.03. The number of likely N-dealkylation sites (tertiary alicyclic amines) is 2. The van der Waals surface area contributed by atoms with E-state index < -0.39 is 21.8 Å². The number of fused-ring (bicyclic) bond motifs is 1. The highest BCUT2D eigenvalue weighted by Gasteiger charge is 2.35. The molecule has 3 aliphatic heterocycles. The van der Waals surface area contributed by atoms with Gasteiger partial charge in [-0.05, 0) is 64.0 Å². The number of benzene rings is 1. The summed E-state index contributed by atoms with van der Waals surface area (Å²) in [4.78, 5) is 18.3. The van der Waals surface area contributed by atoms with Gasteiger partial charge >= 0.3 is 6.18 Å². The van der Waals surface area contributed by atoms with Crippen LogP contribution < -0.4 is 0 Å². The van der Waals surface area contributed by atoms with E-state index in [0.29, 0.717) is 43.2 Å². The maximum Gasteiger partial charge on any atom is 0.416 e. The van der Waals surface area contributed by atoms with E-state index in [-0.39, 0.29) is 24.6 Å². The zero-order valence-corrected chi connectivity index (χ0v) is 25.5. The number of carbonyl (C=O) groups is 1. The van der Waals surface area contributed by atoms with E-state index in [0.717, 1.165) is 69.2 Å². The number of carbonyl (C=O) groups excluding carboxylic acids is 1. The number of aromatic nitrogens is 2. The number of alkyl halides is 3. The van der Waals surface area contributed by atoms with Crippen LogP contribution in [0.1, 0.15) is 54.5 Å². The van der Waals surface area contributed by atoms with Gasteiger partial charge in [-0.3, -0.25) is 9.48 Å². The van der Waals surface area contributed by atoms with Crippen molar-refractivity contribution in [2.75, 3.05) is 53.1 Å². The minimum Gasteiger partial charge on any atom is -0.340 e. The van der Waals surface area contributed by atoms with Crippen LogP contribution in [0.2, 0.25) is 0 Å². The van der Waals surface area contributed by atoms with Crippen molar-refractivity contribution >= 4 is 15.9 Å². The van der Waals surface area contributed by atoms with Gasteiger partial charge in [0.2, 0.25) is 15.9 Å². The highest BCUT2D eigenvalue weighted by Crippen LogP contribution is 2.37. The molecule has 0 aliphatic carbocycles. The van der Waals surface area contributed by atoms with Gasteiger partial charge in [-0.2, -0.15) is 22.6 Å². The molecule has 1 aromatic heterocycles. The van der Waals surface area contributed by atoms with Crippen molar-refractivity contribution in [3.63, 3.8) is 0 Å². The number of rotatable bonds is 9. The van der Waals surface area contributed by atoms with Gasteiger partial charge in [-0.25, -0.2) is 8.42 Å². The van der Waals surface area contributed by atoms with E-state index in [4.69, 9.17) is 5.10 Å². The summed E-state index contributed by atoms with van der Waals surface area (Å²) in [5.74, 6) is 0.282. The summed E-state index contributed by atoms with van der Waals surface area (Å²) >= 11 is 0. The quantitative estimate of drug-likeness (QED) is 0.433. The molecule has 0 radical (unpaired) electrons. The summed E-state index contributed by atoms with van der Waals surface area (Å²) in [5, 5.41) is 4.88. The largest absolute Gasteiger partial charge is 0.416 e. The molecule has 1 aromatic carbocycles. The summed E-state index contributed by atoms with van der Waals surface area (Å²) in [6, 6.07) is 4.44. The Hall–Kier alpha value is -2.48. The number of hydrogen-bond donors (Lipinski definition) is 0. The molecule has 9 nitrogen and oxygen atoms in total. The number of piperidine rings is 1. The lowest BCUT2D eigenvalue weighted by atomic mass is 9.97. The standard InChI is InChI=1S/C29H41F3N6O3S/c1-34(2)19-22-18-21(7-8-25(22)29(30,31)32)28-24-20-36(42(3,40)41)17-11-26(24)38(33-28)14-5-12-35-15-9-23(10-16-35)37-13-4-6-27(37)39/h7-8,18,23H,4-6,9-17,19-20H2,1-3H3. The molecule has 13 heteroatoms. The molecule has 0 saturated carbocycles. The molecule has 2 aromatic rings. The van der Waals surface area contributed by atoms with Crippen molar-refractivity contribution in [2.45, 2.75) is 70.4 Å². The molecule has 2 saturated heterocycles. The molecular weight excluding hydrogens is 569 g/mol. The van der Waals surface area contributed by atoms with E-state index in [1.165, 1.54) is 16.6 Å². The molecule has 42 heavy (non-hydrogen) atoms. The molecule has 4 heterocycles. The summed E-state index contributed by atoms with van der Waals surface area (Å²) < 4.78 is 69.4. The summed E-state index contributed by atoms with van der Waals surface area (Å²) in [6.07, 6.45) is 1.63. The molecule has 0 N–H and O–H groups in total. The van der Waals surface area contributed by atoms with Crippen LogP contribution in [-0.4, -0.2) is 102 Å². The molecule has 232 valence electrons. The van der Waals surface area contributed by atoms with Gasteiger partial charge in [0.05, 0.1) is 17.5 Å². The summed E-state index contributed by atoms with van der Waals surface area (Å²) in [6.45, 7) is 4.90. The van der Waals surface area contributed by atoms with E-state index >= 15 is 0 Å². The second-order valence-corrected chi connectivity index (χ2v) is 14.1. The zero-order chi connectivity index (χ0) is 30.2. The van der Waals surface area contributed by atoms with Gasteiger partial charge in [0.25, 0.3) is 0 Å². The molecule has 0 spiro atoms. The number of hydrogen-bond acceptors (Lipinski definition) is 6. The van der Waals surface area contributed by atoms with Gasteiger partial charge in [0, 0.05) is 81.5 Å². The lowest BCUT2D eigenvalue weighted by molar-refractivity contribution is -0.138. The summed E-state index contributed by atoms with van der Waals surface area (Å²) in [7, 11) is 0.00358. The van der Waals surface area contributed by atoms with Crippen molar-refractivity contribution in [2.24, 2.45) is 0 Å². The maximum absolute atomic E-state index is 13.8. The predicted molar refractivity (Wildman–Crippen MR) is 154 cm³/mol. The Morgan fingerprint density at radius 1 is 1.05 bits per heavy atom. The predicted octanol–water partition coefficient (Wildman–Crippen LogP) is 3.43. The monoisotopic (exact) mass is 610 g/mol. The molecule has 1 amide bonds. The van der Waals surface area contributed by atoms with Crippen LogP contribution in [0.5, 0.6) is 0 Å². The molecule has 3 aliphatic rings. The van der Waals surface area contributed by atoms with E-state index in [1.54, 1.807) is 25.1 Å². The smallest absolute Gasteiger partial charge is 0.340 e. The molecule has 0 unspecified atom stereocenters. The second kappa shape index (κ2) is 12.3. The van der Waals surface area contributed by atoms with Gasteiger partial charge < -0.3 is 14.7 Å². The minimum absolute atomic E-state index is 0.115. The van der Waals surface area contributed by atoms with Gasteiger partial charge in [0.1, 0.15) is 0 Å². The van der Waals surface area contributed by atoms with Crippen molar-refractivity contribution < 1.29 is 26.4 Å². The van der Waals surface area contributed by atoms with Crippen LogP contribution in [0.4, 0.5) is 13.2 Å². The van der Waals surface area contributed by atoms with Crippen LogP contribution in [-0.2, 0) is 47.0 Å². The molecular formula is C29H41F3N6O3S. The third-order valence-electron chi connectivity index (χ3n) is 8.69. The Morgan fingerprint density at radius 3 is 2.40 bits per heavy atom. The van der Waals surface area contributed by atoms with Crippen molar-refractivity contribution in [1.82, 2.24) is 28.8 Å². The van der Waals surface area contributed by atoms with Crippen LogP contribution >= 0.6 is 0 Å². The molecule has 0 bridgehead atoms. The molecule has 5 rings (SSSR count). The SMILES string of the molecule is CN(C)Cc1cc(-c2nn(CCCN3CCC(N4CCCC4=O)CC3)c3c2CN(S(C)(=O)=O)CC3)ccc1C(F)(F)F. The Morgan fingerprint density at radius 2 is 1.79 bits per heavy atom. The first kappa shape index (κ1) is 31.0. The second-order valence-electron chi connectivity index (χ2n) is 12.1. The van der Waals surface area contributed by atoms with E-state index in [9.17, 15) is 26.4 Å². The fourth-order valence-corrected chi connectivity index (χ4v) is 7.40. The zero-order valence-electron chi connectivity index (χ0n) is 24.7. The average Bonchev–Trinajstić information content (AvgIpc) is 3.51. The highest BCUT2D eigenvalue weighted by molar-refractivity contribution is 7.88. The van der Waals surface area contributed by atoms with E-state index in [2.05, 4.69) is 9.80 Å². The van der Waals surface area contributed by atoms with Crippen LogP contribution in [0.25, 0.3) is 11.3 Å². The first-order valence-electron chi connectivity index (χ1n) is 14.7. The fourth-order valence-electron chi connectivity index (χ4n) is 6.61. The number of amides is 1. The number of aryl methyl sites for hydroxylation is 1. The Balaban J connectivity index is 1.34. The number of halogens is 3.